The van der Waals surface area contributed by atoms with Crippen LogP contribution in [-0.2, 0) is 6.54 Å². The summed E-state index contributed by atoms with van der Waals surface area (Å²) in [4.78, 5) is 4.25. The van der Waals surface area contributed by atoms with Crippen molar-refractivity contribution in [2.45, 2.75) is 57.7 Å². The van der Waals surface area contributed by atoms with Crippen molar-refractivity contribution in [2.75, 3.05) is 13.1 Å². The van der Waals surface area contributed by atoms with Crippen LogP contribution in [0.15, 0.2) is 15.9 Å². The Morgan fingerprint density at radius 2 is 2.30 bits per heavy atom. The third kappa shape index (κ3) is 3.13. The third-order valence-electron chi connectivity index (χ3n) is 4.97. The van der Waals surface area contributed by atoms with E-state index in [1.54, 1.807) is 0 Å². The molecule has 2 atom stereocenters. The number of nitrogens with zero attached hydrogens (tertiary/aromatic N) is 1. The monoisotopic (exact) mass is 356 g/mol. The molecule has 1 saturated carbocycles. The van der Waals surface area contributed by atoms with Gasteiger partial charge in [-0.3, -0.25) is 4.90 Å². The van der Waals surface area contributed by atoms with Crippen molar-refractivity contribution in [1.29, 1.82) is 0 Å². The van der Waals surface area contributed by atoms with Gasteiger partial charge in [0.2, 0.25) is 0 Å². The summed E-state index contributed by atoms with van der Waals surface area (Å²) >= 11 is 5.46. The molecule has 20 heavy (non-hydrogen) atoms. The molecule has 0 radical (unpaired) electrons. The molecule has 1 saturated heterocycles. The molecule has 2 unspecified atom stereocenters. The second kappa shape index (κ2) is 6.07. The van der Waals surface area contributed by atoms with E-state index in [-0.39, 0.29) is 0 Å². The molecule has 1 aromatic rings. The Balaban J connectivity index is 1.74. The molecule has 4 heteroatoms. The first kappa shape index (κ1) is 15.0. The van der Waals surface area contributed by atoms with Crippen LogP contribution in [0.3, 0.4) is 0 Å². The summed E-state index contributed by atoms with van der Waals surface area (Å²) in [6, 6.07) is 2.96. The molecule has 2 nitrogen and oxygen atoms in total. The van der Waals surface area contributed by atoms with Crippen LogP contribution in [0.2, 0.25) is 0 Å². The van der Waals surface area contributed by atoms with E-state index in [0.717, 1.165) is 19.0 Å². The average Bonchev–Trinajstić information content (AvgIpc) is 3.19. The summed E-state index contributed by atoms with van der Waals surface area (Å²) in [5.74, 6) is 0.904. The average molecular weight is 357 g/mol. The first-order valence-corrected chi connectivity index (χ1v) is 9.50. The summed E-state index contributed by atoms with van der Waals surface area (Å²) in [5, 5.41) is 6.01. The zero-order valence-electron chi connectivity index (χ0n) is 12.5. The Hall–Kier alpha value is 0.1000. The minimum atomic E-state index is 0.362. The lowest BCUT2D eigenvalue weighted by Gasteiger charge is -2.48. The molecule has 112 valence electrons. The molecular weight excluding hydrogens is 332 g/mol. The Bertz CT molecular complexity index is 457. The van der Waals surface area contributed by atoms with E-state index < -0.39 is 0 Å². The van der Waals surface area contributed by atoms with Crippen LogP contribution < -0.4 is 5.32 Å². The number of rotatable bonds is 5. The van der Waals surface area contributed by atoms with Gasteiger partial charge in [0.25, 0.3) is 0 Å². The van der Waals surface area contributed by atoms with Gasteiger partial charge < -0.3 is 5.32 Å². The van der Waals surface area contributed by atoms with Crippen molar-refractivity contribution in [3.63, 3.8) is 0 Å². The predicted molar refractivity (Wildman–Crippen MR) is 90.3 cm³/mol. The molecule has 1 aliphatic carbocycles. The highest BCUT2D eigenvalue weighted by molar-refractivity contribution is 9.10. The van der Waals surface area contributed by atoms with Gasteiger partial charge >= 0.3 is 0 Å². The number of halogens is 1. The molecule has 3 rings (SSSR count). The molecule has 2 fully saturated rings. The zero-order valence-corrected chi connectivity index (χ0v) is 14.9. The van der Waals surface area contributed by atoms with E-state index in [1.165, 1.54) is 41.6 Å². The van der Waals surface area contributed by atoms with Crippen molar-refractivity contribution >= 4 is 27.3 Å². The van der Waals surface area contributed by atoms with Crippen LogP contribution in [0.1, 0.15) is 44.4 Å². The van der Waals surface area contributed by atoms with Gasteiger partial charge in [-0.15, -0.1) is 11.3 Å². The number of hydrogen-bond donors (Lipinski definition) is 1. The van der Waals surface area contributed by atoms with Crippen molar-refractivity contribution in [3.8, 4) is 0 Å². The SMILES string of the molecule is CCCC1CN(Cc2cc(Br)cs2)C(C)(C2CC2)CN1. The van der Waals surface area contributed by atoms with Gasteiger partial charge in [-0.25, -0.2) is 0 Å². The van der Waals surface area contributed by atoms with Crippen LogP contribution in [0.5, 0.6) is 0 Å². The van der Waals surface area contributed by atoms with Gasteiger partial charge in [0.05, 0.1) is 0 Å². The maximum Gasteiger partial charge on any atom is 0.0338 e. The summed E-state index contributed by atoms with van der Waals surface area (Å²) in [6.45, 7) is 8.25. The molecule has 1 aromatic heterocycles. The molecule has 0 amide bonds. The standard InChI is InChI=1S/C16H25BrN2S/c1-3-4-14-8-19(9-15-7-13(17)10-20-15)16(2,11-18-14)12-5-6-12/h7,10,12,14,18H,3-6,8-9,11H2,1-2H3. The van der Waals surface area contributed by atoms with Crippen LogP contribution in [0, 0.1) is 5.92 Å². The van der Waals surface area contributed by atoms with Crippen molar-refractivity contribution in [2.24, 2.45) is 5.92 Å². The van der Waals surface area contributed by atoms with E-state index in [2.05, 4.69) is 51.4 Å². The first-order valence-electron chi connectivity index (χ1n) is 7.83. The highest BCUT2D eigenvalue weighted by Gasteiger charge is 2.48. The topological polar surface area (TPSA) is 15.3 Å². The van der Waals surface area contributed by atoms with E-state index in [9.17, 15) is 0 Å². The van der Waals surface area contributed by atoms with Gasteiger partial charge in [0.15, 0.2) is 0 Å². The largest absolute Gasteiger partial charge is 0.311 e. The fourth-order valence-electron chi connectivity index (χ4n) is 3.52. The van der Waals surface area contributed by atoms with Gasteiger partial charge in [-0.1, -0.05) is 13.3 Å². The summed E-state index contributed by atoms with van der Waals surface area (Å²) in [7, 11) is 0. The Kier molecular flexibility index (Phi) is 4.56. The lowest BCUT2D eigenvalue weighted by atomic mass is 9.88. The Labute approximate surface area is 135 Å². The smallest absolute Gasteiger partial charge is 0.0338 e. The molecule has 2 heterocycles. The zero-order chi connectivity index (χ0) is 14.2. The number of piperazine rings is 1. The molecule has 0 bridgehead atoms. The first-order chi connectivity index (χ1) is 9.61. The molecule has 0 aromatic carbocycles. The minimum Gasteiger partial charge on any atom is -0.311 e. The van der Waals surface area contributed by atoms with Crippen molar-refractivity contribution in [1.82, 2.24) is 10.2 Å². The van der Waals surface area contributed by atoms with Gasteiger partial charge in [-0.05, 0) is 54.1 Å². The predicted octanol–water partition coefficient (Wildman–Crippen LogP) is 4.25. The number of nitrogens with one attached hydrogen (secondary N) is 1. The lowest BCUT2D eigenvalue weighted by Crippen LogP contribution is -2.63. The second-order valence-electron chi connectivity index (χ2n) is 6.61. The van der Waals surface area contributed by atoms with E-state index >= 15 is 0 Å². The molecule has 1 aliphatic heterocycles. The Morgan fingerprint density at radius 3 is 2.90 bits per heavy atom. The summed E-state index contributed by atoms with van der Waals surface area (Å²) in [6.07, 6.45) is 5.41. The van der Waals surface area contributed by atoms with Gasteiger partial charge in [-0.2, -0.15) is 0 Å². The van der Waals surface area contributed by atoms with E-state index in [0.29, 0.717) is 11.6 Å². The van der Waals surface area contributed by atoms with E-state index in [4.69, 9.17) is 0 Å². The molecule has 1 N–H and O–H groups in total. The minimum absolute atomic E-state index is 0.362. The summed E-state index contributed by atoms with van der Waals surface area (Å²) in [5.41, 5.74) is 0.362. The normalized spacial score (nSPS) is 31.6. The quantitative estimate of drug-likeness (QED) is 0.847. The van der Waals surface area contributed by atoms with Crippen molar-refractivity contribution in [3.05, 3.63) is 20.8 Å². The highest BCUT2D eigenvalue weighted by Crippen LogP contribution is 2.44. The van der Waals surface area contributed by atoms with Gasteiger partial charge in [0, 0.05) is 45.9 Å². The second-order valence-corrected chi connectivity index (χ2v) is 8.52. The maximum absolute atomic E-state index is 3.81. The molecule has 0 spiro atoms. The highest BCUT2D eigenvalue weighted by atomic mass is 79.9. The lowest BCUT2D eigenvalue weighted by molar-refractivity contribution is 0.0268. The van der Waals surface area contributed by atoms with E-state index in [1.807, 2.05) is 11.3 Å². The molecule has 2 aliphatic rings. The van der Waals surface area contributed by atoms with Crippen LogP contribution in [0.4, 0.5) is 0 Å². The number of hydrogen-bond acceptors (Lipinski definition) is 3. The Morgan fingerprint density at radius 1 is 1.50 bits per heavy atom. The van der Waals surface area contributed by atoms with Crippen LogP contribution in [0.25, 0.3) is 0 Å². The fraction of sp³-hybridized carbons (Fsp3) is 0.750. The van der Waals surface area contributed by atoms with Gasteiger partial charge in [0.1, 0.15) is 0 Å². The maximum atomic E-state index is 3.81. The van der Waals surface area contributed by atoms with Crippen molar-refractivity contribution < 1.29 is 0 Å². The fourth-order valence-corrected chi connectivity index (χ4v) is 4.99. The third-order valence-corrected chi connectivity index (χ3v) is 6.66. The van der Waals surface area contributed by atoms with Crippen LogP contribution >= 0.6 is 27.3 Å². The summed E-state index contributed by atoms with van der Waals surface area (Å²) < 4.78 is 1.23. The number of thiophene rings is 1. The van der Waals surface area contributed by atoms with Crippen LogP contribution in [-0.4, -0.2) is 29.6 Å². The molecular formula is C16H25BrN2S.